The molecule has 0 aliphatic heterocycles. The molecule has 0 saturated heterocycles. The van der Waals surface area contributed by atoms with E-state index in [0.717, 1.165) is 11.2 Å². The van der Waals surface area contributed by atoms with Crippen LogP contribution >= 0.6 is 15.9 Å². The van der Waals surface area contributed by atoms with E-state index in [2.05, 4.69) is 43.6 Å². The number of hydrogen-bond acceptors (Lipinski definition) is 0. The molecule has 0 aliphatic rings. The topological polar surface area (TPSA) is 0 Å². The monoisotopic (exact) mass is 220 g/mol. The van der Waals surface area contributed by atoms with E-state index in [4.69, 9.17) is 0 Å². The van der Waals surface area contributed by atoms with Crippen molar-refractivity contribution in [2.75, 3.05) is 5.33 Å². The largest absolute Gasteiger partial charge is 0.0922 e. The highest BCUT2D eigenvalue weighted by Crippen LogP contribution is 2.29. The second-order valence-corrected chi connectivity index (χ2v) is 4.96. The zero-order valence-corrected chi connectivity index (χ0v) is 9.87. The lowest BCUT2D eigenvalue weighted by molar-refractivity contribution is 0.304. The van der Waals surface area contributed by atoms with Gasteiger partial charge in [-0.3, -0.25) is 0 Å². The standard InChI is InChI=1S/C10H21Br/c1-5-6-9(2)7-10(3,4)8-11/h9H,5-8H2,1-4H3. The number of rotatable bonds is 5. The molecule has 0 aromatic carbocycles. The molecule has 0 saturated carbocycles. The lowest BCUT2D eigenvalue weighted by Gasteiger charge is -2.25. The second-order valence-electron chi connectivity index (χ2n) is 4.40. The fourth-order valence-electron chi connectivity index (χ4n) is 1.59. The molecular weight excluding hydrogens is 200 g/mol. The average molecular weight is 221 g/mol. The summed E-state index contributed by atoms with van der Waals surface area (Å²) >= 11 is 3.55. The highest BCUT2D eigenvalue weighted by atomic mass is 79.9. The van der Waals surface area contributed by atoms with Crippen LogP contribution in [0.2, 0.25) is 0 Å². The van der Waals surface area contributed by atoms with Crippen molar-refractivity contribution in [2.24, 2.45) is 11.3 Å². The Morgan fingerprint density at radius 2 is 1.91 bits per heavy atom. The molecule has 0 radical (unpaired) electrons. The van der Waals surface area contributed by atoms with Gasteiger partial charge in [-0.05, 0) is 17.8 Å². The lowest BCUT2D eigenvalue weighted by Crippen LogP contribution is -2.16. The lowest BCUT2D eigenvalue weighted by atomic mass is 9.84. The maximum absolute atomic E-state index is 3.55. The van der Waals surface area contributed by atoms with E-state index < -0.39 is 0 Å². The van der Waals surface area contributed by atoms with Gasteiger partial charge in [0.1, 0.15) is 0 Å². The van der Waals surface area contributed by atoms with Crippen molar-refractivity contribution in [2.45, 2.75) is 47.0 Å². The molecule has 0 fully saturated rings. The molecule has 0 amide bonds. The highest BCUT2D eigenvalue weighted by molar-refractivity contribution is 9.09. The Morgan fingerprint density at radius 1 is 1.36 bits per heavy atom. The molecule has 0 rings (SSSR count). The minimum Gasteiger partial charge on any atom is -0.0922 e. The third-order valence-corrected chi connectivity index (χ3v) is 3.56. The molecule has 0 bridgehead atoms. The molecule has 1 heteroatoms. The molecule has 11 heavy (non-hydrogen) atoms. The van der Waals surface area contributed by atoms with Crippen molar-refractivity contribution < 1.29 is 0 Å². The smallest absolute Gasteiger partial charge is 0.00827 e. The summed E-state index contributed by atoms with van der Waals surface area (Å²) in [5.41, 5.74) is 0.481. The minimum atomic E-state index is 0.481. The maximum atomic E-state index is 3.55. The maximum Gasteiger partial charge on any atom is 0.00827 e. The van der Waals surface area contributed by atoms with Crippen LogP contribution in [-0.4, -0.2) is 5.33 Å². The summed E-state index contributed by atoms with van der Waals surface area (Å²) < 4.78 is 0. The van der Waals surface area contributed by atoms with Crippen LogP contribution in [0.1, 0.15) is 47.0 Å². The van der Waals surface area contributed by atoms with Crippen LogP contribution in [0.3, 0.4) is 0 Å². The Bertz CT molecular complexity index is 97.0. The Labute approximate surface area is 79.9 Å². The van der Waals surface area contributed by atoms with Gasteiger partial charge in [-0.2, -0.15) is 0 Å². The van der Waals surface area contributed by atoms with E-state index in [1.165, 1.54) is 19.3 Å². The molecule has 0 N–H and O–H groups in total. The van der Waals surface area contributed by atoms with Gasteiger partial charge in [-0.15, -0.1) is 0 Å². The van der Waals surface area contributed by atoms with Crippen molar-refractivity contribution in [3.8, 4) is 0 Å². The zero-order valence-electron chi connectivity index (χ0n) is 8.28. The van der Waals surface area contributed by atoms with E-state index >= 15 is 0 Å². The summed E-state index contributed by atoms with van der Waals surface area (Å²) in [6, 6.07) is 0. The summed E-state index contributed by atoms with van der Waals surface area (Å²) in [7, 11) is 0. The van der Waals surface area contributed by atoms with Gasteiger partial charge in [0.25, 0.3) is 0 Å². The molecule has 68 valence electrons. The van der Waals surface area contributed by atoms with Crippen molar-refractivity contribution in [3.05, 3.63) is 0 Å². The predicted octanol–water partition coefficient (Wildman–Crippen LogP) is 4.23. The summed E-state index contributed by atoms with van der Waals surface area (Å²) in [5.74, 6) is 0.882. The minimum absolute atomic E-state index is 0.481. The molecule has 0 spiro atoms. The third kappa shape index (κ3) is 5.72. The van der Waals surface area contributed by atoms with Crippen molar-refractivity contribution >= 4 is 15.9 Å². The highest BCUT2D eigenvalue weighted by Gasteiger charge is 2.18. The van der Waals surface area contributed by atoms with Crippen molar-refractivity contribution in [1.82, 2.24) is 0 Å². The second kappa shape index (κ2) is 5.18. The Morgan fingerprint density at radius 3 is 2.27 bits per heavy atom. The van der Waals surface area contributed by atoms with Gasteiger partial charge in [0.2, 0.25) is 0 Å². The predicted molar refractivity (Wildman–Crippen MR) is 56.3 cm³/mol. The van der Waals surface area contributed by atoms with E-state index in [0.29, 0.717) is 5.41 Å². The molecule has 0 nitrogen and oxygen atoms in total. The summed E-state index contributed by atoms with van der Waals surface area (Å²) in [4.78, 5) is 0. The fraction of sp³-hybridized carbons (Fsp3) is 1.00. The van der Waals surface area contributed by atoms with Crippen LogP contribution in [0, 0.1) is 11.3 Å². The van der Waals surface area contributed by atoms with Crippen LogP contribution < -0.4 is 0 Å². The van der Waals surface area contributed by atoms with Gasteiger partial charge < -0.3 is 0 Å². The first-order valence-electron chi connectivity index (χ1n) is 4.58. The zero-order chi connectivity index (χ0) is 8.91. The van der Waals surface area contributed by atoms with Gasteiger partial charge >= 0.3 is 0 Å². The van der Waals surface area contributed by atoms with Gasteiger partial charge in [-0.25, -0.2) is 0 Å². The number of alkyl halides is 1. The summed E-state index contributed by atoms with van der Waals surface area (Å²) in [6.07, 6.45) is 4.03. The number of halogens is 1. The number of hydrogen-bond donors (Lipinski definition) is 0. The molecule has 1 unspecified atom stereocenters. The molecule has 1 atom stereocenters. The van der Waals surface area contributed by atoms with Crippen molar-refractivity contribution in [1.29, 1.82) is 0 Å². The first-order chi connectivity index (χ1) is 5.02. The fourth-order valence-corrected chi connectivity index (χ4v) is 1.82. The molecular formula is C10H21Br. The third-order valence-electron chi connectivity index (χ3n) is 2.04. The molecule has 0 heterocycles. The van der Waals surface area contributed by atoms with Gasteiger partial charge in [0.05, 0.1) is 0 Å². The SMILES string of the molecule is CCCC(C)CC(C)(C)CBr. The first-order valence-corrected chi connectivity index (χ1v) is 5.70. The Hall–Kier alpha value is 0.480. The van der Waals surface area contributed by atoms with Crippen LogP contribution in [0.25, 0.3) is 0 Å². The quantitative estimate of drug-likeness (QED) is 0.609. The molecule has 0 aromatic heterocycles. The molecule has 0 aliphatic carbocycles. The van der Waals surface area contributed by atoms with E-state index in [-0.39, 0.29) is 0 Å². The van der Waals surface area contributed by atoms with Crippen LogP contribution in [0.5, 0.6) is 0 Å². The van der Waals surface area contributed by atoms with E-state index in [1.807, 2.05) is 0 Å². The van der Waals surface area contributed by atoms with Crippen LogP contribution in [0.4, 0.5) is 0 Å². The Kier molecular flexibility index (Phi) is 5.41. The van der Waals surface area contributed by atoms with Gasteiger partial charge in [0, 0.05) is 5.33 Å². The Balaban J connectivity index is 3.64. The van der Waals surface area contributed by atoms with Gasteiger partial charge in [-0.1, -0.05) is 56.5 Å². The van der Waals surface area contributed by atoms with Crippen LogP contribution in [-0.2, 0) is 0 Å². The van der Waals surface area contributed by atoms with E-state index in [1.54, 1.807) is 0 Å². The summed E-state index contributed by atoms with van der Waals surface area (Å²) in [6.45, 7) is 9.27. The van der Waals surface area contributed by atoms with E-state index in [9.17, 15) is 0 Å². The van der Waals surface area contributed by atoms with Crippen LogP contribution in [0.15, 0.2) is 0 Å². The first kappa shape index (κ1) is 11.5. The van der Waals surface area contributed by atoms with Crippen molar-refractivity contribution in [3.63, 3.8) is 0 Å². The average Bonchev–Trinajstić information content (AvgIpc) is 1.87. The van der Waals surface area contributed by atoms with Gasteiger partial charge in [0.15, 0.2) is 0 Å². The normalized spacial score (nSPS) is 15.0. The summed E-state index contributed by atoms with van der Waals surface area (Å²) in [5, 5.41) is 1.12. The molecule has 0 aromatic rings.